The maximum Gasteiger partial charge on any atom is 0.251 e. The minimum atomic E-state index is 0.0925. The van der Waals surface area contributed by atoms with Crippen LogP contribution in [0.25, 0.3) is 0 Å². The molecule has 0 aliphatic carbocycles. The van der Waals surface area contributed by atoms with Crippen LogP contribution in [0, 0.1) is 13.8 Å². The maximum atomic E-state index is 11.8. The average Bonchev–Trinajstić information content (AvgIpc) is 2.19. The minimum absolute atomic E-state index is 0.0925. The smallest absolute Gasteiger partial charge is 0.251 e. The summed E-state index contributed by atoms with van der Waals surface area (Å²) in [6, 6.07) is 4.46. The van der Waals surface area contributed by atoms with Gasteiger partial charge in [-0.05, 0) is 43.9 Å². The molecule has 0 saturated carbocycles. The third kappa shape index (κ3) is 1.76. The summed E-state index contributed by atoms with van der Waals surface area (Å²) in [6.07, 6.45) is 1.97. The molecular formula is C13H17NO. The number of aryl methyl sites for hydroxylation is 2. The quantitative estimate of drug-likeness (QED) is 0.746. The van der Waals surface area contributed by atoms with Crippen molar-refractivity contribution in [2.24, 2.45) is 0 Å². The molecule has 0 aromatic heterocycles. The molecule has 0 saturated heterocycles. The second-order valence-electron chi connectivity index (χ2n) is 4.39. The van der Waals surface area contributed by atoms with Gasteiger partial charge in [-0.1, -0.05) is 18.6 Å². The van der Waals surface area contributed by atoms with Crippen molar-refractivity contribution < 1.29 is 4.79 Å². The van der Waals surface area contributed by atoms with Crippen molar-refractivity contribution in [2.45, 2.75) is 39.7 Å². The highest BCUT2D eigenvalue weighted by Crippen LogP contribution is 2.23. The number of rotatable bonds is 1. The van der Waals surface area contributed by atoms with Crippen LogP contribution in [0.2, 0.25) is 0 Å². The number of nitrogens with one attached hydrogen (secondary N) is 1. The van der Waals surface area contributed by atoms with Crippen LogP contribution < -0.4 is 5.32 Å². The van der Waals surface area contributed by atoms with Gasteiger partial charge in [0.25, 0.3) is 5.91 Å². The van der Waals surface area contributed by atoms with Crippen LogP contribution in [-0.2, 0) is 6.42 Å². The van der Waals surface area contributed by atoms with E-state index in [0.717, 1.165) is 24.0 Å². The Morgan fingerprint density at radius 3 is 2.80 bits per heavy atom. The molecule has 1 aromatic rings. The number of carbonyl (C=O) groups excluding carboxylic acids is 1. The zero-order chi connectivity index (χ0) is 11.0. The van der Waals surface area contributed by atoms with Crippen LogP contribution in [-0.4, -0.2) is 11.9 Å². The van der Waals surface area contributed by atoms with Crippen molar-refractivity contribution in [3.8, 4) is 0 Å². The van der Waals surface area contributed by atoms with E-state index in [2.05, 4.69) is 25.2 Å². The lowest BCUT2D eigenvalue weighted by Crippen LogP contribution is -2.41. The van der Waals surface area contributed by atoms with E-state index in [1.165, 1.54) is 11.1 Å². The summed E-state index contributed by atoms with van der Waals surface area (Å²) in [5, 5.41) is 3.04. The van der Waals surface area contributed by atoms with Crippen molar-refractivity contribution in [1.29, 1.82) is 0 Å². The molecule has 2 rings (SSSR count). The fraction of sp³-hybridized carbons (Fsp3) is 0.462. The molecule has 1 aliphatic rings. The second-order valence-corrected chi connectivity index (χ2v) is 4.39. The third-order valence-corrected chi connectivity index (χ3v) is 3.14. The minimum Gasteiger partial charge on any atom is -0.349 e. The maximum absolute atomic E-state index is 11.8. The van der Waals surface area contributed by atoms with Crippen molar-refractivity contribution in [2.75, 3.05) is 0 Å². The Labute approximate surface area is 90.7 Å². The molecule has 1 aromatic carbocycles. The molecule has 1 unspecified atom stereocenters. The predicted molar refractivity (Wildman–Crippen MR) is 61.2 cm³/mol. The Kier molecular flexibility index (Phi) is 2.51. The van der Waals surface area contributed by atoms with E-state index >= 15 is 0 Å². The first-order chi connectivity index (χ1) is 7.11. The number of hydrogen-bond acceptors (Lipinski definition) is 1. The summed E-state index contributed by atoms with van der Waals surface area (Å²) in [4.78, 5) is 11.8. The molecule has 1 amide bonds. The van der Waals surface area contributed by atoms with Crippen molar-refractivity contribution in [3.63, 3.8) is 0 Å². The van der Waals surface area contributed by atoms with E-state index in [1.54, 1.807) is 0 Å². The first-order valence-corrected chi connectivity index (χ1v) is 5.52. The highest BCUT2D eigenvalue weighted by atomic mass is 16.1. The molecule has 2 nitrogen and oxygen atoms in total. The summed E-state index contributed by atoms with van der Waals surface area (Å²) in [5.74, 6) is 0.0925. The van der Waals surface area contributed by atoms with Crippen LogP contribution in [0.4, 0.5) is 0 Å². The molecule has 2 heteroatoms. The highest BCUT2D eigenvalue weighted by molar-refractivity contribution is 5.97. The van der Waals surface area contributed by atoms with Gasteiger partial charge in [0.05, 0.1) is 0 Å². The number of fused-ring (bicyclic) bond motifs is 1. The van der Waals surface area contributed by atoms with Crippen molar-refractivity contribution in [1.82, 2.24) is 5.32 Å². The lowest BCUT2D eigenvalue weighted by molar-refractivity contribution is 0.0924. The van der Waals surface area contributed by atoms with Gasteiger partial charge in [-0.3, -0.25) is 4.79 Å². The van der Waals surface area contributed by atoms with Gasteiger partial charge in [0.1, 0.15) is 0 Å². The standard InChI is InChI=1S/C13H17NO/c1-4-10-7-11-9(3)5-8(2)6-12(11)13(15)14-10/h5-6,10H,4,7H2,1-3H3,(H,14,15). The molecule has 1 N–H and O–H groups in total. The Morgan fingerprint density at radius 2 is 2.13 bits per heavy atom. The number of carbonyl (C=O) groups is 1. The van der Waals surface area contributed by atoms with Gasteiger partial charge in [-0.25, -0.2) is 0 Å². The lowest BCUT2D eigenvalue weighted by Gasteiger charge is -2.26. The van der Waals surface area contributed by atoms with Crippen LogP contribution >= 0.6 is 0 Å². The monoisotopic (exact) mass is 203 g/mol. The van der Waals surface area contributed by atoms with E-state index < -0.39 is 0 Å². The number of benzene rings is 1. The normalized spacial score (nSPS) is 19.7. The van der Waals surface area contributed by atoms with Crippen LogP contribution in [0.3, 0.4) is 0 Å². The summed E-state index contributed by atoms with van der Waals surface area (Å²) >= 11 is 0. The fourth-order valence-corrected chi connectivity index (χ4v) is 2.28. The summed E-state index contributed by atoms with van der Waals surface area (Å²) in [5.41, 5.74) is 4.52. The summed E-state index contributed by atoms with van der Waals surface area (Å²) in [6.45, 7) is 6.24. The zero-order valence-corrected chi connectivity index (χ0v) is 9.55. The fourth-order valence-electron chi connectivity index (χ4n) is 2.28. The Bertz CT molecular complexity index is 409. The molecule has 1 heterocycles. The van der Waals surface area contributed by atoms with Gasteiger partial charge in [0.2, 0.25) is 0 Å². The Balaban J connectivity index is 2.50. The first-order valence-electron chi connectivity index (χ1n) is 5.52. The first kappa shape index (κ1) is 10.2. The molecule has 0 bridgehead atoms. The summed E-state index contributed by atoms with van der Waals surface area (Å²) < 4.78 is 0. The SMILES string of the molecule is CCC1Cc2c(C)cc(C)cc2C(=O)N1. The Morgan fingerprint density at radius 1 is 1.40 bits per heavy atom. The molecular weight excluding hydrogens is 186 g/mol. The van der Waals surface area contributed by atoms with Gasteiger partial charge in [-0.15, -0.1) is 0 Å². The van der Waals surface area contributed by atoms with E-state index in [-0.39, 0.29) is 5.91 Å². The van der Waals surface area contributed by atoms with E-state index in [1.807, 2.05) is 13.0 Å². The van der Waals surface area contributed by atoms with Gasteiger partial charge in [-0.2, -0.15) is 0 Å². The van der Waals surface area contributed by atoms with Gasteiger partial charge >= 0.3 is 0 Å². The van der Waals surface area contributed by atoms with Gasteiger partial charge in [0, 0.05) is 11.6 Å². The van der Waals surface area contributed by atoms with Crippen LogP contribution in [0.1, 0.15) is 40.4 Å². The molecule has 15 heavy (non-hydrogen) atoms. The summed E-state index contributed by atoms with van der Waals surface area (Å²) in [7, 11) is 0. The zero-order valence-electron chi connectivity index (χ0n) is 9.55. The van der Waals surface area contributed by atoms with Gasteiger partial charge in [0.15, 0.2) is 0 Å². The van der Waals surface area contributed by atoms with Crippen LogP contribution in [0.15, 0.2) is 12.1 Å². The lowest BCUT2D eigenvalue weighted by atomic mass is 9.89. The third-order valence-electron chi connectivity index (χ3n) is 3.14. The van der Waals surface area contributed by atoms with E-state index in [0.29, 0.717) is 6.04 Å². The number of hydrogen-bond donors (Lipinski definition) is 1. The van der Waals surface area contributed by atoms with Gasteiger partial charge < -0.3 is 5.32 Å². The van der Waals surface area contributed by atoms with Crippen molar-refractivity contribution >= 4 is 5.91 Å². The largest absolute Gasteiger partial charge is 0.349 e. The van der Waals surface area contributed by atoms with Crippen molar-refractivity contribution in [3.05, 3.63) is 34.4 Å². The van der Waals surface area contributed by atoms with Crippen LogP contribution in [0.5, 0.6) is 0 Å². The molecule has 1 atom stereocenters. The van der Waals surface area contributed by atoms with E-state index in [9.17, 15) is 4.79 Å². The number of amides is 1. The molecule has 80 valence electrons. The second kappa shape index (κ2) is 3.69. The molecule has 0 spiro atoms. The predicted octanol–water partition coefficient (Wildman–Crippen LogP) is 2.37. The molecule has 1 aliphatic heterocycles. The Hall–Kier alpha value is -1.31. The molecule has 0 fully saturated rings. The van der Waals surface area contributed by atoms with E-state index in [4.69, 9.17) is 0 Å². The molecule has 0 radical (unpaired) electrons. The highest BCUT2D eigenvalue weighted by Gasteiger charge is 2.24. The topological polar surface area (TPSA) is 29.1 Å². The average molecular weight is 203 g/mol.